The lowest BCUT2D eigenvalue weighted by Crippen LogP contribution is -2.14. The molecule has 0 saturated heterocycles. The van der Waals surface area contributed by atoms with E-state index in [1.807, 2.05) is 0 Å². The van der Waals surface area contributed by atoms with Crippen molar-refractivity contribution in [2.45, 2.75) is 11.4 Å². The number of rotatable bonds is 7. The van der Waals surface area contributed by atoms with Crippen molar-refractivity contribution in [3.8, 4) is 0 Å². The van der Waals surface area contributed by atoms with Crippen LogP contribution in [0.1, 0.15) is 23.1 Å². The largest absolute Gasteiger partial charge is 0.309 e. The summed E-state index contributed by atoms with van der Waals surface area (Å²) in [6.07, 6.45) is 3.06. The second-order valence-electron chi connectivity index (χ2n) is 8.02. The number of hydrogen-bond donors (Lipinski definition) is 0. The first-order valence-corrected chi connectivity index (χ1v) is 12.7. The molecule has 4 rings (SSSR count). The first kappa shape index (κ1) is 22.8. The summed E-state index contributed by atoms with van der Waals surface area (Å²) in [6, 6.07) is 30.1. The van der Waals surface area contributed by atoms with Gasteiger partial charge in [-0.3, -0.25) is 0 Å². The lowest BCUT2D eigenvalue weighted by Gasteiger charge is -2.21. The van der Waals surface area contributed by atoms with E-state index in [1.165, 1.54) is 27.8 Å². The number of aromatic nitrogens is 1. The number of fused-ring (bicyclic) bond motifs is 1. The van der Waals surface area contributed by atoms with E-state index in [-0.39, 0.29) is 0 Å². The summed E-state index contributed by atoms with van der Waals surface area (Å²) >= 11 is 5.34. The van der Waals surface area contributed by atoms with Crippen LogP contribution in [0.15, 0.2) is 94.4 Å². The predicted octanol–water partition coefficient (Wildman–Crippen LogP) is 7.63. The number of nitrogens with zero attached hydrogens (tertiary/aromatic N) is 2. The minimum absolute atomic E-state index is 0.950. The van der Waals surface area contributed by atoms with Crippen LogP contribution in [0, 0.1) is 0 Å². The normalized spacial score (nSPS) is 12.3. The Kier molecular flexibility index (Phi) is 7.46. The summed E-state index contributed by atoms with van der Waals surface area (Å²) in [5.41, 5.74) is 7.29. The minimum Gasteiger partial charge on any atom is -0.309 e. The molecule has 1 heterocycles. The van der Waals surface area contributed by atoms with Gasteiger partial charge in [0.05, 0.1) is 5.52 Å². The third-order valence-electron chi connectivity index (χ3n) is 5.50. The van der Waals surface area contributed by atoms with E-state index in [0.29, 0.717) is 0 Å². The third-order valence-corrected chi connectivity index (χ3v) is 6.69. The van der Waals surface area contributed by atoms with Crippen molar-refractivity contribution in [2.24, 2.45) is 0 Å². The van der Waals surface area contributed by atoms with Crippen molar-refractivity contribution < 1.29 is 0 Å². The van der Waals surface area contributed by atoms with Crippen LogP contribution in [0.25, 0.3) is 22.0 Å². The molecule has 1 aromatic heterocycles. The van der Waals surface area contributed by atoms with Crippen LogP contribution in [-0.2, 0) is 0 Å². The molecule has 3 aromatic carbocycles. The fraction of sp³-hybridized carbons (Fsp3) is 0.179. The molecule has 4 aromatic rings. The second kappa shape index (κ2) is 10.5. The topological polar surface area (TPSA) is 16.1 Å². The van der Waals surface area contributed by atoms with Crippen LogP contribution >= 0.6 is 27.7 Å². The monoisotopic (exact) mass is 502 g/mol. The van der Waals surface area contributed by atoms with Crippen molar-refractivity contribution in [3.05, 3.63) is 106 Å². The SMILES string of the molecule is CSc1nc2ccc(Br)cc2cc1C(=C(CCN(C)C)c1ccccc1)c1ccccc1. The van der Waals surface area contributed by atoms with E-state index in [1.54, 1.807) is 11.8 Å². The van der Waals surface area contributed by atoms with E-state index < -0.39 is 0 Å². The molecule has 2 nitrogen and oxygen atoms in total. The van der Waals surface area contributed by atoms with Gasteiger partial charge in [0.2, 0.25) is 0 Å². The van der Waals surface area contributed by atoms with E-state index in [9.17, 15) is 0 Å². The van der Waals surface area contributed by atoms with E-state index in [4.69, 9.17) is 4.98 Å². The summed E-state index contributed by atoms with van der Waals surface area (Å²) in [5, 5.41) is 2.19. The Morgan fingerprint density at radius 3 is 2.16 bits per heavy atom. The van der Waals surface area contributed by atoms with Gasteiger partial charge in [-0.05, 0) is 73.3 Å². The molecule has 0 N–H and O–H groups in total. The van der Waals surface area contributed by atoms with Gasteiger partial charge in [0.25, 0.3) is 0 Å². The number of hydrogen-bond acceptors (Lipinski definition) is 3. The van der Waals surface area contributed by atoms with Gasteiger partial charge in [0.15, 0.2) is 0 Å². The Morgan fingerprint density at radius 2 is 1.53 bits per heavy atom. The second-order valence-corrected chi connectivity index (χ2v) is 9.73. The third kappa shape index (κ3) is 5.15. The Balaban J connectivity index is 2.06. The highest BCUT2D eigenvalue weighted by atomic mass is 79.9. The quantitative estimate of drug-likeness (QED) is 0.191. The number of benzene rings is 3. The van der Waals surface area contributed by atoms with Crippen LogP contribution in [-0.4, -0.2) is 36.8 Å². The van der Waals surface area contributed by atoms with E-state index >= 15 is 0 Å². The average Bonchev–Trinajstić information content (AvgIpc) is 2.82. The Morgan fingerprint density at radius 1 is 0.875 bits per heavy atom. The number of pyridine rings is 1. The van der Waals surface area contributed by atoms with Gasteiger partial charge in [0.1, 0.15) is 5.03 Å². The smallest absolute Gasteiger partial charge is 0.104 e. The fourth-order valence-corrected chi connectivity index (χ4v) is 4.90. The van der Waals surface area contributed by atoms with Gasteiger partial charge < -0.3 is 4.90 Å². The highest BCUT2D eigenvalue weighted by Gasteiger charge is 2.19. The first-order valence-electron chi connectivity index (χ1n) is 10.7. The molecule has 0 spiro atoms. The van der Waals surface area contributed by atoms with Gasteiger partial charge >= 0.3 is 0 Å². The van der Waals surface area contributed by atoms with Crippen molar-refractivity contribution >= 4 is 49.7 Å². The lowest BCUT2D eigenvalue weighted by atomic mass is 9.88. The van der Waals surface area contributed by atoms with Gasteiger partial charge in [-0.1, -0.05) is 76.6 Å². The maximum absolute atomic E-state index is 5.05. The zero-order valence-corrected chi connectivity index (χ0v) is 21.1. The van der Waals surface area contributed by atoms with Crippen LogP contribution < -0.4 is 0 Å². The van der Waals surface area contributed by atoms with E-state index in [2.05, 4.69) is 126 Å². The zero-order valence-electron chi connectivity index (χ0n) is 18.7. The van der Waals surface area contributed by atoms with Crippen molar-refractivity contribution in [1.29, 1.82) is 0 Å². The number of thioether (sulfide) groups is 1. The molecule has 0 saturated carbocycles. The Hall–Kier alpha value is -2.40. The molecule has 4 heteroatoms. The summed E-state index contributed by atoms with van der Waals surface area (Å²) in [4.78, 5) is 7.30. The van der Waals surface area contributed by atoms with Crippen LogP contribution in [0.3, 0.4) is 0 Å². The first-order chi connectivity index (χ1) is 15.6. The molecule has 0 aliphatic heterocycles. The molecule has 0 aliphatic carbocycles. The minimum atomic E-state index is 0.950. The van der Waals surface area contributed by atoms with Gasteiger partial charge in [0, 0.05) is 22.0 Å². The molecular formula is C28H27BrN2S. The van der Waals surface area contributed by atoms with Crippen molar-refractivity contribution in [1.82, 2.24) is 9.88 Å². The fourth-order valence-electron chi connectivity index (χ4n) is 3.95. The molecule has 0 fully saturated rings. The summed E-state index contributed by atoms with van der Waals surface area (Å²) in [7, 11) is 4.26. The van der Waals surface area contributed by atoms with Gasteiger partial charge in [-0.2, -0.15) is 0 Å². The molecule has 0 amide bonds. The molecule has 162 valence electrons. The molecular weight excluding hydrogens is 476 g/mol. The highest BCUT2D eigenvalue weighted by Crippen LogP contribution is 2.39. The molecule has 0 radical (unpaired) electrons. The van der Waals surface area contributed by atoms with Gasteiger partial charge in [-0.25, -0.2) is 4.98 Å². The standard InChI is InChI=1S/C28H27BrN2S/c1-31(2)17-16-24(20-10-6-4-7-11-20)27(21-12-8-5-9-13-21)25-19-22-18-23(29)14-15-26(22)30-28(25)32-3/h4-15,18-19H,16-17H2,1-3H3. The molecule has 32 heavy (non-hydrogen) atoms. The Labute approximate surface area is 203 Å². The maximum atomic E-state index is 5.05. The average molecular weight is 504 g/mol. The maximum Gasteiger partial charge on any atom is 0.104 e. The summed E-state index contributed by atoms with van der Waals surface area (Å²) in [5.74, 6) is 0. The van der Waals surface area contributed by atoms with Gasteiger partial charge in [-0.15, -0.1) is 11.8 Å². The predicted molar refractivity (Wildman–Crippen MR) is 143 cm³/mol. The van der Waals surface area contributed by atoms with Crippen LogP contribution in [0.5, 0.6) is 0 Å². The van der Waals surface area contributed by atoms with E-state index in [0.717, 1.165) is 33.4 Å². The molecule has 0 atom stereocenters. The van der Waals surface area contributed by atoms with Crippen LogP contribution in [0.2, 0.25) is 0 Å². The molecule has 0 aliphatic rings. The van der Waals surface area contributed by atoms with Crippen molar-refractivity contribution in [2.75, 3.05) is 26.9 Å². The summed E-state index contributed by atoms with van der Waals surface area (Å²) < 4.78 is 1.07. The zero-order chi connectivity index (χ0) is 22.5. The highest BCUT2D eigenvalue weighted by molar-refractivity contribution is 9.10. The van der Waals surface area contributed by atoms with Crippen LogP contribution in [0.4, 0.5) is 0 Å². The molecule has 0 unspecified atom stereocenters. The number of halogens is 1. The summed E-state index contributed by atoms with van der Waals surface area (Å²) in [6.45, 7) is 0.974. The van der Waals surface area contributed by atoms with Crippen molar-refractivity contribution in [3.63, 3.8) is 0 Å². The Bertz CT molecular complexity index is 1230. The molecule has 0 bridgehead atoms. The lowest BCUT2D eigenvalue weighted by molar-refractivity contribution is 0.419.